The molecular formula is C18H26N4O2. The van der Waals surface area contributed by atoms with Gasteiger partial charge >= 0.3 is 0 Å². The van der Waals surface area contributed by atoms with Crippen LogP contribution in [0.4, 0.5) is 11.5 Å². The summed E-state index contributed by atoms with van der Waals surface area (Å²) < 4.78 is 0. The maximum absolute atomic E-state index is 11.9. The summed E-state index contributed by atoms with van der Waals surface area (Å²) in [6.07, 6.45) is 9.47. The Bertz CT molecular complexity index is 561. The van der Waals surface area contributed by atoms with Crippen LogP contribution in [0.3, 0.4) is 0 Å². The third-order valence-corrected chi connectivity index (χ3v) is 4.88. The molecule has 2 amide bonds. The summed E-state index contributed by atoms with van der Waals surface area (Å²) in [7, 11) is 0. The maximum atomic E-state index is 11.9. The normalized spacial score (nSPS) is 17.9. The Hall–Kier alpha value is -2.11. The smallest absolute Gasteiger partial charge is 0.244 e. The molecule has 24 heavy (non-hydrogen) atoms. The Morgan fingerprint density at radius 3 is 2.50 bits per heavy atom. The molecule has 6 nitrogen and oxygen atoms in total. The number of anilines is 2. The Balaban J connectivity index is 1.40. The van der Waals surface area contributed by atoms with E-state index in [4.69, 9.17) is 0 Å². The lowest BCUT2D eigenvalue weighted by molar-refractivity contribution is -0.124. The molecule has 130 valence electrons. The molecule has 1 aromatic rings. The maximum Gasteiger partial charge on any atom is 0.244 e. The number of nitrogens with one attached hydrogen (secondary N) is 2. The van der Waals surface area contributed by atoms with E-state index in [1.165, 1.54) is 25.7 Å². The molecule has 6 heteroatoms. The van der Waals surface area contributed by atoms with Crippen molar-refractivity contribution in [2.45, 2.75) is 44.9 Å². The number of hydrogen-bond donors (Lipinski definition) is 2. The van der Waals surface area contributed by atoms with Gasteiger partial charge in [-0.25, -0.2) is 4.98 Å². The van der Waals surface area contributed by atoms with Gasteiger partial charge in [-0.05, 0) is 43.7 Å². The minimum absolute atomic E-state index is 0.00110. The average Bonchev–Trinajstić information content (AvgIpc) is 3.27. The molecule has 3 rings (SSSR count). The summed E-state index contributed by atoms with van der Waals surface area (Å²) >= 11 is 0. The lowest BCUT2D eigenvalue weighted by Gasteiger charge is -2.17. The van der Waals surface area contributed by atoms with Crippen molar-refractivity contribution in [2.24, 2.45) is 5.92 Å². The third kappa shape index (κ3) is 4.69. The molecule has 2 heterocycles. The largest absolute Gasteiger partial charge is 0.370 e. The van der Waals surface area contributed by atoms with Crippen LogP contribution >= 0.6 is 0 Å². The van der Waals surface area contributed by atoms with Crippen molar-refractivity contribution in [3.63, 3.8) is 0 Å². The third-order valence-electron chi connectivity index (χ3n) is 4.88. The average molecular weight is 330 g/mol. The van der Waals surface area contributed by atoms with E-state index in [0.29, 0.717) is 18.2 Å². The standard InChI is InChI=1S/C18H26N4O2/c23-17(11-14-5-1-2-6-14)20-13-18(24)21-16-8-7-15(12-19-16)22-9-3-4-10-22/h7-8,12,14H,1-6,9-11,13H2,(H,20,23)(H,19,21,24). The van der Waals surface area contributed by atoms with E-state index in [-0.39, 0.29) is 18.4 Å². The predicted octanol–water partition coefficient (Wildman–Crippen LogP) is 2.32. The van der Waals surface area contributed by atoms with Gasteiger partial charge in [0.05, 0.1) is 18.4 Å². The zero-order chi connectivity index (χ0) is 16.8. The number of aromatic nitrogens is 1. The number of carbonyl (C=O) groups is 2. The highest BCUT2D eigenvalue weighted by molar-refractivity contribution is 5.93. The minimum Gasteiger partial charge on any atom is -0.370 e. The van der Waals surface area contributed by atoms with Crippen molar-refractivity contribution in [1.29, 1.82) is 0 Å². The monoisotopic (exact) mass is 330 g/mol. The molecule has 2 N–H and O–H groups in total. The van der Waals surface area contributed by atoms with Crippen molar-refractivity contribution < 1.29 is 9.59 Å². The summed E-state index contributed by atoms with van der Waals surface area (Å²) in [4.78, 5) is 30.3. The summed E-state index contributed by atoms with van der Waals surface area (Å²) in [6, 6.07) is 3.79. The number of nitrogens with zero attached hydrogens (tertiary/aromatic N) is 2. The molecule has 0 atom stereocenters. The van der Waals surface area contributed by atoms with E-state index in [1.807, 2.05) is 12.1 Å². The minimum atomic E-state index is -0.240. The number of pyridine rings is 1. The first-order chi connectivity index (χ1) is 11.7. The van der Waals surface area contributed by atoms with Crippen molar-refractivity contribution in [3.05, 3.63) is 18.3 Å². The van der Waals surface area contributed by atoms with Crippen LogP contribution in [0.1, 0.15) is 44.9 Å². The van der Waals surface area contributed by atoms with E-state index < -0.39 is 0 Å². The van der Waals surface area contributed by atoms with Crippen LogP contribution in [0.5, 0.6) is 0 Å². The van der Waals surface area contributed by atoms with E-state index in [0.717, 1.165) is 31.6 Å². The van der Waals surface area contributed by atoms with Crippen LogP contribution in [0, 0.1) is 5.92 Å². The molecule has 2 fully saturated rings. The van der Waals surface area contributed by atoms with Crippen molar-refractivity contribution in [2.75, 3.05) is 29.9 Å². The SMILES string of the molecule is O=C(CC1CCCC1)NCC(=O)Nc1ccc(N2CCCC2)cn1. The van der Waals surface area contributed by atoms with Gasteiger partial charge in [-0.3, -0.25) is 9.59 Å². The second-order valence-corrected chi connectivity index (χ2v) is 6.78. The fourth-order valence-electron chi connectivity index (χ4n) is 3.54. The lowest BCUT2D eigenvalue weighted by atomic mass is 10.0. The highest BCUT2D eigenvalue weighted by atomic mass is 16.2. The molecule has 0 bridgehead atoms. The Morgan fingerprint density at radius 1 is 1.08 bits per heavy atom. The molecule has 0 unspecified atom stereocenters. The van der Waals surface area contributed by atoms with Crippen LogP contribution in [-0.4, -0.2) is 36.4 Å². The van der Waals surface area contributed by atoms with Crippen LogP contribution in [0.25, 0.3) is 0 Å². The fourth-order valence-corrected chi connectivity index (χ4v) is 3.54. The van der Waals surface area contributed by atoms with Gasteiger partial charge in [0.15, 0.2) is 0 Å². The number of carbonyl (C=O) groups excluding carboxylic acids is 2. The van der Waals surface area contributed by atoms with Gasteiger partial charge in [0.2, 0.25) is 11.8 Å². The van der Waals surface area contributed by atoms with Gasteiger partial charge in [0.25, 0.3) is 0 Å². The van der Waals surface area contributed by atoms with Crippen LogP contribution < -0.4 is 15.5 Å². The molecule has 0 radical (unpaired) electrons. The lowest BCUT2D eigenvalue weighted by Crippen LogP contribution is -2.33. The van der Waals surface area contributed by atoms with Gasteiger partial charge in [0.1, 0.15) is 5.82 Å². The quantitative estimate of drug-likeness (QED) is 0.839. The molecule has 1 saturated carbocycles. The number of hydrogen-bond acceptors (Lipinski definition) is 4. The molecule has 1 saturated heterocycles. The first-order valence-corrected chi connectivity index (χ1v) is 8.98. The Labute approximate surface area is 143 Å². The Morgan fingerprint density at radius 2 is 1.83 bits per heavy atom. The summed E-state index contributed by atoms with van der Waals surface area (Å²) in [5.41, 5.74) is 1.09. The molecule has 0 spiro atoms. The van der Waals surface area contributed by atoms with Gasteiger partial charge in [-0.15, -0.1) is 0 Å². The second kappa shape index (κ2) is 8.13. The van der Waals surface area contributed by atoms with Gasteiger partial charge in [-0.2, -0.15) is 0 Å². The van der Waals surface area contributed by atoms with Gasteiger partial charge in [0, 0.05) is 19.5 Å². The molecule has 2 aliphatic rings. The zero-order valence-corrected chi connectivity index (χ0v) is 14.1. The Kier molecular flexibility index (Phi) is 5.67. The van der Waals surface area contributed by atoms with Crippen molar-refractivity contribution >= 4 is 23.3 Å². The van der Waals surface area contributed by atoms with Gasteiger partial charge < -0.3 is 15.5 Å². The molecule has 1 aliphatic carbocycles. The van der Waals surface area contributed by atoms with Crippen LogP contribution in [0.15, 0.2) is 18.3 Å². The van der Waals surface area contributed by atoms with Crippen molar-refractivity contribution in [1.82, 2.24) is 10.3 Å². The summed E-state index contributed by atoms with van der Waals surface area (Å²) in [6.45, 7) is 2.14. The first-order valence-electron chi connectivity index (χ1n) is 8.98. The van der Waals surface area contributed by atoms with Crippen molar-refractivity contribution in [3.8, 4) is 0 Å². The summed E-state index contributed by atoms with van der Waals surface area (Å²) in [5, 5.41) is 5.42. The number of rotatable bonds is 6. The fraction of sp³-hybridized carbons (Fsp3) is 0.611. The molecule has 0 aromatic carbocycles. The van der Waals surface area contributed by atoms with E-state index in [9.17, 15) is 9.59 Å². The van der Waals surface area contributed by atoms with Crippen LogP contribution in [-0.2, 0) is 9.59 Å². The van der Waals surface area contributed by atoms with Gasteiger partial charge in [-0.1, -0.05) is 12.8 Å². The van der Waals surface area contributed by atoms with E-state index >= 15 is 0 Å². The first kappa shape index (κ1) is 16.7. The molecule has 1 aliphatic heterocycles. The second-order valence-electron chi connectivity index (χ2n) is 6.78. The zero-order valence-electron chi connectivity index (χ0n) is 14.1. The highest BCUT2D eigenvalue weighted by Gasteiger charge is 2.18. The summed E-state index contributed by atoms with van der Waals surface area (Å²) in [5.74, 6) is 0.742. The highest BCUT2D eigenvalue weighted by Crippen LogP contribution is 2.27. The number of amides is 2. The van der Waals surface area contributed by atoms with E-state index in [2.05, 4.69) is 20.5 Å². The van der Waals surface area contributed by atoms with Crippen LogP contribution in [0.2, 0.25) is 0 Å². The molecular weight excluding hydrogens is 304 g/mol. The predicted molar refractivity (Wildman–Crippen MR) is 93.9 cm³/mol. The topological polar surface area (TPSA) is 74.3 Å². The van der Waals surface area contributed by atoms with E-state index in [1.54, 1.807) is 6.20 Å². The molecule has 1 aromatic heterocycles.